The fraction of sp³-hybridized carbons (Fsp3) is 0.316. The molecule has 3 nitrogen and oxygen atoms in total. The maximum atomic E-state index is 5.95. The van der Waals surface area contributed by atoms with E-state index in [-0.39, 0.29) is 6.04 Å². The zero-order chi connectivity index (χ0) is 15.9. The molecule has 3 rings (SSSR count). The summed E-state index contributed by atoms with van der Waals surface area (Å²) in [6.45, 7) is 9.13. The van der Waals surface area contributed by atoms with Gasteiger partial charge in [-0.1, -0.05) is 23.8 Å². The molecule has 1 unspecified atom stereocenters. The van der Waals surface area contributed by atoms with Gasteiger partial charge in [-0.15, -0.1) is 0 Å². The summed E-state index contributed by atoms with van der Waals surface area (Å²) in [5.41, 5.74) is 13.1. The number of benzene rings is 2. The second-order valence-corrected chi connectivity index (χ2v) is 6.18. The summed E-state index contributed by atoms with van der Waals surface area (Å²) in [6, 6.07) is 13.1. The minimum atomic E-state index is 0.211. The van der Waals surface area contributed by atoms with Crippen LogP contribution in [0.5, 0.6) is 0 Å². The number of hydrogen-bond acceptors (Lipinski definition) is 2. The highest BCUT2D eigenvalue weighted by Crippen LogP contribution is 2.30. The second kappa shape index (κ2) is 5.58. The van der Waals surface area contributed by atoms with E-state index in [0.717, 1.165) is 22.4 Å². The number of nitrogens with two attached hydrogens (primary N) is 1. The van der Waals surface area contributed by atoms with Gasteiger partial charge in [0.2, 0.25) is 0 Å². The molecule has 1 aromatic heterocycles. The Hall–Kier alpha value is -2.13. The van der Waals surface area contributed by atoms with Crippen molar-refractivity contribution in [1.82, 2.24) is 9.55 Å². The monoisotopic (exact) mass is 293 g/mol. The maximum absolute atomic E-state index is 5.95. The van der Waals surface area contributed by atoms with Crippen LogP contribution in [0.15, 0.2) is 36.4 Å². The summed E-state index contributed by atoms with van der Waals surface area (Å²) in [6.07, 6.45) is 0. The fourth-order valence-electron chi connectivity index (χ4n) is 2.89. The molecule has 3 aromatic rings. The Bertz CT molecular complexity index is 830. The summed E-state index contributed by atoms with van der Waals surface area (Å²) >= 11 is 0. The molecule has 2 aromatic carbocycles. The van der Waals surface area contributed by atoms with Crippen molar-refractivity contribution >= 4 is 11.0 Å². The van der Waals surface area contributed by atoms with Crippen LogP contribution in [-0.2, 0) is 0 Å². The van der Waals surface area contributed by atoms with Gasteiger partial charge >= 0.3 is 0 Å². The lowest BCUT2D eigenvalue weighted by Crippen LogP contribution is -2.17. The van der Waals surface area contributed by atoms with E-state index in [1.807, 2.05) is 0 Å². The zero-order valence-corrected chi connectivity index (χ0v) is 13.7. The molecular weight excluding hydrogens is 270 g/mol. The van der Waals surface area contributed by atoms with Crippen LogP contribution in [0.3, 0.4) is 0 Å². The number of imidazole rings is 1. The van der Waals surface area contributed by atoms with E-state index in [4.69, 9.17) is 10.7 Å². The lowest BCUT2D eigenvalue weighted by Gasteiger charge is -2.16. The molecule has 22 heavy (non-hydrogen) atoms. The molecule has 1 atom stereocenters. The van der Waals surface area contributed by atoms with Crippen molar-refractivity contribution in [1.29, 1.82) is 0 Å². The van der Waals surface area contributed by atoms with Gasteiger partial charge in [-0.3, -0.25) is 0 Å². The van der Waals surface area contributed by atoms with E-state index in [1.54, 1.807) is 0 Å². The first kappa shape index (κ1) is 14.8. The highest BCUT2D eigenvalue weighted by atomic mass is 15.1. The van der Waals surface area contributed by atoms with Gasteiger partial charge in [0.05, 0.1) is 11.0 Å². The molecule has 3 heteroatoms. The number of fused-ring (bicyclic) bond motifs is 1. The highest BCUT2D eigenvalue weighted by Gasteiger charge is 2.17. The molecule has 0 spiro atoms. The zero-order valence-electron chi connectivity index (χ0n) is 13.7. The van der Waals surface area contributed by atoms with Crippen LogP contribution in [0.1, 0.15) is 29.7 Å². The van der Waals surface area contributed by atoms with E-state index >= 15 is 0 Å². The maximum Gasteiger partial charge on any atom is 0.141 e. The van der Waals surface area contributed by atoms with Crippen molar-refractivity contribution in [3.05, 3.63) is 53.1 Å². The predicted octanol–water partition coefficient (Wildman–Crippen LogP) is 4.15. The minimum absolute atomic E-state index is 0.211. The molecule has 0 saturated carbocycles. The molecule has 0 aliphatic heterocycles. The molecule has 1 heterocycles. The summed E-state index contributed by atoms with van der Waals surface area (Å²) in [7, 11) is 0. The summed E-state index contributed by atoms with van der Waals surface area (Å²) in [5.74, 6) is 1.00. The van der Waals surface area contributed by atoms with Gasteiger partial charge in [-0.2, -0.15) is 0 Å². The first-order chi connectivity index (χ1) is 10.5. The van der Waals surface area contributed by atoms with Crippen molar-refractivity contribution in [3.8, 4) is 11.4 Å². The lowest BCUT2D eigenvalue weighted by molar-refractivity contribution is 0.578. The van der Waals surface area contributed by atoms with E-state index in [1.165, 1.54) is 16.7 Å². The first-order valence-electron chi connectivity index (χ1n) is 7.77. The topological polar surface area (TPSA) is 43.8 Å². The SMILES string of the molecule is Cc1cccc(-c2nc3cc(C)c(C)cc3n2C(C)CN)c1. The minimum Gasteiger partial charge on any atom is -0.328 e. The Kier molecular flexibility index (Phi) is 3.75. The molecule has 0 aliphatic rings. The molecular formula is C19H23N3. The average Bonchev–Trinajstić information content (AvgIpc) is 2.85. The van der Waals surface area contributed by atoms with Crippen LogP contribution < -0.4 is 5.73 Å². The van der Waals surface area contributed by atoms with Crippen molar-refractivity contribution in [2.24, 2.45) is 5.73 Å². The fourth-order valence-corrected chi connectivity index (χ4v) is 2.89. The van der Waals surface area contributed by atoms with Crippen molar-refractivity contribution < 1.29 is 0 Å². The van der Waals surface area contributed by atoms with Crippen LogP contribution >= 0.6 is 0 Å². The van der Waals surface area contributed by atoms with Gasteiger partial charge in [0, 0.05) is 18.2 Å². The Morgan fingerprint density at radius 1 is 1.09 bits per heavy atom. The first-order valence-corrected chi connectivity index (χ1v) is 7.77. The van der Waals surface area contributed by atoms with Crippen LogP contribution in [-0.4, -0.2) is 16.1 Å². The number of rotatable bonds is 3. The largest absolute Gasteiger partial charge is 0.328 e. The Morgan fingerprint density at radius 3 is 2.50 bits per heavy atom. The van der Waals surface area contributed by atoms with Crippen LogP contribution in [0.2, 0.25) is 0 Å². The molecule has 114 valence electrons. The lowest BCUT2D eigenvalue weighted by atomic mass is 10.1. The third kappa shape index (κ3) is 2.42. The van der Waals surface area contributed by atoms with E-state index in [9.17, 15) is 0 Å². The Morgan fingerprint density at radius 2 is 1.82 bits per heavy atom. The summed E-state index contributed by atoms with van der Waals surface area (Å²) < 4.78 is 2.27. The quantitative estimate of drug-likeness (QED) is 0.788. The molecule has 0 bridgehead atoms. The number of aryl methyl sites for hydroxylation is 3. The smallest absolute Gasteiger partial charge is 0.141 e. The molecule has 2 N–H and O–H groups in total. The highest BCUT2D eigenvalue weighted by molar-refractivity contribution is 5.82. The Labute approximate surface area is 131 Å². The van der Waals surface area contributed by atoms with Crippen molar-refractivity contribution in [2.45, 2.75) is 33.7 Å². The van der Waals surface area contributed by atoms with Gasteiger partial charge in [0.15, 0.2) is 0 Å². The number of aromatic nitrogens is 2. The van der Waals surface area contributed by atoms with Gasteiger partial charge < -0.3 is 10.3 Å². The van der Waals surface area contributed by atoms with Crippen LogP contribution in [0, 0.1) is 20.8 Å². The summed E-state index contributed by atoms with van der Waals surface area (Å²) in [4.78, 5) is 4.90. The van der Waals surface area contributed by atoms with Gasteiger partial charge in [0.1, 0.15) is 5.82 Å². The molecule has 0 saturated heterocycles. The molecule has 0 amide bonds. The predicted molar refractivity (Wildman–Crippen MR) is 93.1 cm³/mol. The van der Waals surface area contributed by atoms with Crippen molar-refractivity contribution in [3.63, 3.8) is 0 Å². The molecule has 0 radical (unpaired) electrons. The van der Waals surface area contributed by atoms with Gasteiger partial charge in [-0.25, -0.2) is 4.98 Å². The standard InChI is InChI=1S/C19H23N3/c1-12-6-5-7-16(8-12)19-21-17-9-13(2)14(3)10-18(17)22(19)15(4)11-20/h5-10,15H,11,20H2,1-4H3. The third-order valence-electron chi connectivity index (χ3n) is 4.36. The summed E-state index contributed by atoms with van der Waals surface area (Å²) in [5, 5.41) is 0. The number of hydrogen-bond donors (Lipinski definition) is 1. The van der Waals surface area contributed by atoms with Gasteiger partial charge in [-0.05, 0) is 57.0 Å². The number of nitrogens with zero attached hydrogens (tertiary/aromatic N) is 2. The van der Waals surface area contributed by atoms with Gasteiger partial charge in [0.25, 0.3) is 0 Å². The average molecular weight is 293 g/mol. The third-order valence-corrected chi connectivity index (χ3v) is 4.36. The molecule has 0 fully saturated rings. The normalized spacial score (nSPS) is 12.8. The molecule has 0 aliphatic carbocycles. The van der Waals surface area contributed by atoms with Crippen LogP contribution in [0.4, 0.5) is 0 Å². The Balaban J connectivity index is 2.33. The van der Waals surface area contributed by atoms with E-state index in [2.05, 4.69) is 68.7 Å². The van der Waals surface area contributed by atoms with Crippen molar-refractivity contribution in [2.75, 3.05) is 6.54 Å². The second-order valence-electron chi connectivity index (χ2n) is 6.18. The van der Waals surface area contributed by atoms with Crippen LogP contribution in [0.25, 0.3) is 22.4 Å². The van der Waals surface area contributed by atoms with E-state index < -0.39 is 0 Å². The van der Waals surface area contributed by atoms with E-state index in [0.29, 0.717) is 6.54 Å².